The third kappa shape index (κ3) is 3.72. The summed E-state index contributed by atoms with van der Waals surface area (Å²) < 4.78 is 10.7. The summed E-state index contributed by atoms with van der Waals surface area (Å²) in [4.78, 5) is 20.7. The van der Waals surface area contributed by atoms with Crippen LogP contribution in [0.4, 0.5) is 5.69 Å². The number of benzene rings is 3. The molecular formula is C24H23N3O3. The molecule has 30 heavy (non-hydrogen) atoms. The molecule has 0 fully saturated rings. The number of methoxy groups -OCH3 is 2. The van der Waals surface area contributed by atoms with Crippen molar-refractivity contribution in [3.05, 3.63) is 71.3 Å². The Labute approximate surface area is 174 Å². The largest absolute Gasteiger partial charge is 0.493 e. The van der Waals surface area contributed by atoms with Gasteiger partial charge in [0.2, 0.25) is 0 Å². The lowest BCUT2D eigenvalue weighted by molar-refractivity contribution is 0.102. The molecule has 2 N–H and O–H groups in total. The first-order chi connectivity index (χ1) is 14.5. The molecule has 0 aliphatic carbocycles. The lowest BCUT2D eigenvalue weighted by Crippen LogP contribution is -2.13. The first-order valence-corrected chi connectivity index (χ1v) is 9.59. The van der Waals surface area contributed by atoms with E-state index in [1.807, 2.05) is 68.4 Å². The molecule has 1 heterocycles. The number of amides is 1. The number of hydrogen-bond acceptors (Lipinski definition) is 4. The van der Waals surface area contributed by atoms with Gasteiger partial charge in [-0.05, 0) is 37.6 Å². The van der Waals surface area contributed by atoms with Crippen molar-refractivity contribution in [3.8, 4) is 22.9 Å². The van der Waals surface area contributed by atoms with E-state index in [2.05, 4.69) is 15.3 Å². The zero-order valence-electron chi connectivity index (χ0n) is 17.4. The van der Waals surface area contributed by atoms with Gasteiger partial charge in [0.25, 0.3) is 5.91 Å². The number of aromatic nitrogens is 2. The second-order valence-corrected chi connectivity index (χ2v) is 7.16. The van der Waals surface area contributed by atoms with Crippen LogP contribution < -0.4 is 14.8 Å². The standard InChI is InChI=1S/C24H23N3O3/c1-14-6-5-7-17(10-14)24(28)27-18-11-16(9-8-15(18)2)23-25-19-12-21(29-3)22(30-4)13-20(19)26-23/h5-13H,1-4H3,(H,25,26)(H,27,28). The highest BCUT2D eigenvalue weighted by Crippen LogP contribution is 2.33. The highest BCUT2D eigenvalue weighted by molar-refractivity contribution is 6.05. The number of anilines is 1. The van der Waals surface area contributed by atoms with Crippen molar-refractivity contribution < 1.29 is 14.3 Å². The first-order valence-electron chi connectivity index (χ1n) is 9.59. The monoisotopic (exact) mass is 401 g/mol. The Bertz CT molecular complexity index is 1200. The van der Waals surface area contributed by atoms with Crippen LogP contribution >= 0.6 is 0 Å². The number of nitrogens with one attached hydrogen (secondary N) is 2. The topological polar surface area (TPSA) is 76.2 Å². The number of fused-ring (bicyclic) bond motifs is 1. The minimum Gasteiger partial charge on any atom is -0.493 e. The van der Waals surface area contributed by atoms with Crippen LogP contribution in [0.5, 0.6) is 11.5 Å². The summed E-state index contributed by atoms with van der Waals surface area (Å²) in [5.74, 6) is 1.82. The zero-order chi connectivity index (χ0) is 21.3. The van der Waals surface area contributed by atoms with Gasteiger partial charge in [0.1, 0.15) is 5.82 Å². The Morgan fingerprint density at radius 2 is 1.73 bits per heavy atom. The van der Waals surface area contributed by atoms with Crippen LogP contribution in [0, 0.1) is 13.8 Å². The van der Waals surface area contributed by atoms with E-state index in [1.165, 1.54) is 0 Å². The molecule has 1 aromatic heterocycles. The van der Waals surface area contributed by atoms with E-state index in [1.54, 1.807) is 14.2 Å². The number of carbonyl (C=O) groups excluding carboxylic acids is 1. The molecule has 1 amide bonds. The lowest BCUT2D eigenvalue weighted by Gasteiger charge is -2.10. The fraction of sp³-hybridized carbons (Fsp3) is 0.167. The SMILES string of the molecule is COc1cc2nc(-c3ccc(C)c(NC(=O)c4cccc(C)c4)c3)[nH]c2cc1OC. The van der Waals surface area contributed by atoms with E-state index in [0.717, 1.165) is 33.4 Å². The highest BCUT2D eigenvalue weighted by atomic mass is 16.5. The summed E-state index contributed by atoms with van der Waals surface area (Å²) in [6, 6.07) is 17.1. The molecule has 4 aromatic rings. The smallest absolute Gasteiger partial charge is 0.255 e. The third-order valence-corrected chi connectivity index (χ3v) is 5.03. The van der Waals surface area contributed by atoms with Gasteiger partial charge in [0.05, 0.1) is 25.3 Å². The second kappa shape index (κ2) is 7.91. The number of nitrogens with zero attached hydrogens (tertiary/aromatic N) is 1. The second-order valence-electron chi connectivity index (χ2n) is 7.16. The Morgan fingerprint density at radius 1 is 0.967 bits per heavy atom. The number of ether oxygens (including phenoxy) is 2. The maximum atomic E-state index is 12.7. The van der Waals surface area contributed by atoms with Crippen LogP contribution in [0.3, 0.4) is 0 Å². The van der Waals surface area contributed by atoms with Crippen LogP contribution in [-0.2, 0) is 0 Å². The summed E-state index contributed by atoms with van der Waals surface area (Å²) in [6.07, 6.45) is 0. The summed E-state index contributed by atoms with van der Waals surface area (Å²) in [5.41, 5.74) is 5.87. The van der Waals surface area contributed by atoms with E-state index in [4.69, 9.17) is 9.47 Å². The molecule has 6 nitrogen and oxygen atoms in total. The average molecular weight is 401 g/mol. The summed E-state index contributed by atoms with van der Waals surface area (Å²) >= 11 is 0. The molecule has 0 saturated heterocycles. The number of rotatable bonds is 5. The van der Waals surface area contributed by atoms with Crippen molar-refractivity contribution in [1.82, 2.24) is 9.97 Å². The van der Waals surface area contributed by atoms with Gasteiger partial charge in [-0.3, -0.25) is 4.79 Å². The minimum atomic E-state index is -0.141. The van der Waals surface area contributed by atoms with Crippen LogP contribution in [0.1, 0.15) is 21.5 Å². The first kappa shape index (κ1) is 19.5. The fourth-order valence-corrected chi connectivity index (χ4v) is 3.36. The number of aromatic amines is 1. The van der Waals surface area contributed by atoms with Gasteiger partial charge in [-0.15, -0.1) is 0 Å². The molecule has 0 unspecified atom stereocenters. The Morgan fingerprint density at radius 3 is 2.47 bits per heavy atom. The minimum absolute atomic E-state index is 0.141. The number of H-pyrrole nitrogens is 1. The number of imidazole rings is 1. The number of carbonyl (C=O) groups is 1. The quantitative estimate of drug-likeness (QED) is 0.487. The van der Waals surface area contributed by atoms with Gasteiger partial charge in [-0.1, -0.05) is 29.8 Å². The number of hydrogen-bond donors (Lipinski definition) is 2. The van der Waals surface area contributed by atoms with Gasteiger partial charge in [-0.25, -0.2) is 4.98 Å². The third-order valence-electron chi connectivity index (χ3n) is 5.03. The van der Waals surface area contributed by atoms with Crippen molar-refractivity contribution in [1.29, 1.82) is 0 Å². The molecule has 0 atom stereocenters. The van der Waals surface area contributed by atoms with E-state index in [9.17, 15) is 4.79 Å². The van der Waals surface area contributed by atoms with Crippen molar-refractivity contribution in [3.63, 3.8) is 0 Å². The maximum Gasteiger partial charge on any atom is 0.255 e. The van der Waals surface area contributed by atoms with Crippen LogP contribution in [-0.4, -0.2) is 30.1 Å². The van der Waals surface area contributed by atoms with Crippen LogP contribution in [0.15, 0.2) is 54.6 Å². The predicted molar refractivity (Wildman–Crippen MR) is 119 cm³/mol. The molecule has 6 heteroatoms. The molecule has 0 radical (unpaired) electrons. The van der Waals surface area contributed by atoms with Gasteiger partial charge in [0.15, 0.2) is 11.5 Å². The molecular weight excluding hydrogens is 378 g/mol. The lowest BCUT2D eigenvalue weighted by atomic mass is 10.1. The molecule has 0 saturated carbocycles. The zero-order valence-corrected chi connectivity index (χ0v) is 17.4. The molecule has 0 bridgehead atoms. The molecule has 0 spiro atoms. The molecule has 0 aliphatic heterocycles. The predicted octanol–water partition coefficient (Wildman–Crippen LogP) is 5.12. The molecule has 0 aliphatic rings. The Balaban J connectivity index is 1.68. The number of aryl methyl sites for hydroxylation is 2. The van der Waals surface area contributed by atoms with Gasteiger partial charge in [0, 0.05) is 28.9 Å². The van der Waals surface area contributed by atoms with Crippen molar-refractivity contribution >= 4 is 22.6 Å². The van der Waals surface area contributed by atoms with Crippen LogP contribution in [0.25, 0.3) is 22.4 Å². The highest BCUT2D eigenvalue weighted by Gasteiger charge is 2.13. The van der Waals surface area contributed by atoms with Gasteiger partial charge < -0.3 is 19.8 Å². The molecule has 152 valence electrons. The Kier molecular flexibility index (Phi) is 5.14. The summed E-state index contributed by atoms with van der Waals surface area (Å²) in [5, 5.41) is 3.01. The van der Waals surface area contributed by atoms with E-state index in [0.29, 0.717) is 22.9 Å². The van der Waals surface area contributed by atoms with E-state index in [-0.39, 0.29) is 5.91 Å². The summed E-state index contributed by atoms with van der Waals surface area (Å²) in [6.45, 7) is 3.93. The normalized spacial score (nSPS) is 10.8. The molecule has 4 rings (SSSR count). The van der Waals surface area contributed by atoms with E-state index >= 15 is 0 Å². The van der Waals surface area contributed by atoms with Crippen molar-refractivity contribution in [2.75, 3.05) is 19.5 Å². The van der Waals surface area contributed by atoms with Crippen LogP contribution in [0.2, 0.25) is 0 Å². The Hall–Kier alpha value is -3.80. The maximum absolute atomic E-state index is 12.7. The van der Waals surface area contributed by atoms with Crippen molar-refractivity contribution in [2.24, 2.45) is 0 Å². The van der Waals surface area contributed by atoms with E-state index < -0.39 is 0 Å². The van der Waals surface area contributed by atoms with Crippen molar-refractivity contribution in [2.45, 2.75) is 13.8 Å². The van der Waals surface area contributed by atoms with Gasteiger partial charge in [-0.2, -0.15) is 0 Å². The molecule has 3 aromatic carbocycles. The fourth-order valence-electron chi connectivity index (χ4n) is 3.36. The van der Waals surface area contributed by atoms with Gasteiger partial charge >= 0.3 is 0 Å². The average Bonchev–Trinajstić information content (AvgIpc) is 3.17. The summed E-state index contributed by atoms with van der Waals surface area (Å²) in [7, 11) is 3.20.